The van der Waals surface area contributed by atoms with E-state index in [0.29, 0.717) is 11.0 Å². The lowest BCUT2D eigenvalue weighted by Crippen LogP contribution is -2.15. The molecular formula is C20H19BrN2O2S. The molecule has 6 heteroatoms. The lowest BCUT2D eigenvalue weighted by atomic mass is 10.1. The van der Waals surface area contributed by atoms with Crippen molar-refractivity contribution in [1.82, 2.24) is 4.98 Å². The second-order valence-corrected chi connectivity index (χ2v) is 7.95. The summed E-state index contributed by atoms with van der Waals surface area (Å²) in [4.78, 5) is 16.5. The Kier molecular flexibility index (Phi) is 5.84. The summed E-state index contributed by atoms with van der Waals surface area (Å²) in [6, 6.07) is 11.9. The highest BCUT2D eigenvalue weighted by Crippen LogP contribution is 2.28. The monoisotopic (exact) mass is 430 g/mol. The highest BCUT2D eigenvalue weighted by Gasteiger charge is 2.12. The normalized spacial score (nSPS) is 10.8. The van der Waals surface area contributed by atoms with Gasteiger partial charge in [-0.15, -0.1) is 0 Å². The molecule has 4 nitrogen and oxygen atoms in total. The first kappa shape index (κ1) is 18.7. The van der Waals surface area contributed by atoms with Crippen LogP contribution >= 0.6 is 27.7 Å². The summed E-state index contributed by atoms with van der Waals surface area (Å²) < 4.78 is 6.72. The van der Waals surface area contributed by atoms with Gasteiger partial charge in [0.25, 0.3) is 5.22 Å². The second-order valence-electron chi connectivity index (χ2n) is 6.11. The number of thioether (sulfide) groups is 1. The Morgan fingerprint density at radius 3 is 2.62 bits per heavy atom. The zero-order valence-electron chi connectivity index (χ0n) is 14.8. The van der Waals surface area contributed by atoms with E-state index in [4.69, 9.17) is 4.42 Å². The molecule has 0 saturated heterocycles. The van der Waals surface area contributed by atoms with Gasteiger partial charge in [-0.25, -0.2) is 4.98 Å². The molecule has 0 bridgehead atoms. The number of nitrogens with zero attached hydrogens (tertiary/aromatic N) is 1. The van der Waals surface area contributed by atoms with Crippen LogP contribution in [0, 0.1) is 20.8 Å². The number of halogens is 1. The van der Waals surface area contributed by atoms with E-state index in [0.717, 1.165) is 26.9 Å². The Morgan fingerprint density at radius 2 is 1.92 bits per heavy atom. The van der Waals surface area contributed by atoms with Crippen LogP contribution in [-0.2, 0) is 4.79 Å². The quantitative estimate of drug-likeness (QED) is 0.522. The standard InChI is InChI=1S/C20H19BrN2O2S/c1-12-7-13(2)19(14(3)8-12)23-18(24)11-26-20-22-10-17(25-20)15-5-4-6-16(21)9-15/h4-10H,11H2,1-3H3,(H,23,24). The summed E-state index contributed by atoms with van der Waals surface area (Å²) in [5, 5.41) is 3.47. The van der Waals surface area contributed by atoms with Gasteiger partial charge in [-0.3, -0.25) is 4.79 Å². The topological polar surface area (TPSA) is 55.1 Å². The van der Waals surface area contributed by atoms with Crippen molar-refractivity contribution in [2.45, 2.75) is 26.0 Å². The van der Waals surface area contributed by atoms with Crippen molar-refractivity contribution in [2.24, 2.45) is 0 Å². The predicted octanol–water partition coefficient (Wildman–Crippen LogP) is 5.76. The molecule has 0 aliphatic heterocycles. The molecular weight excluding hydrogens is 412 g/mol. The molecule has 0 aliphatic rings. The number of aryl methyl sites for hydroxylation is 3. The maximum atomic E-state index is 12.3. The highest BCUT2D eigenvalue weighted by molar-refractivity contribution is 9.10. The molecule has 0 aliphatic carbocycles. The fraction of sp³-hybridized carbons (Fsp3) is 0.200. The van der Waals surface area contributed by atoms with E-state index < -0.39 is 0 Å². The fourth-order valence-corrected chi connectivity index (χ4v) is 3.78. The lowest BCUT2D eigenvalue weighted by Gasteiger charge is -2.12. The number of hydrogen-bond donors (Lipinski definition) is 1. The van der Waals surface area contributed by atoms with Gasteiger partial charge in [-0.1, -0.05) is 57.5 Å². The van der Waals surface area contributed by atoms with Gasteiger partial charge in [0.15, 0.2) is 5.76 Å². The molecule has 1 aromatic heterocycles. The summed E-state index contributed by atoms with van der Waals surface area (Å²) in [5.41, 5.74) is 5.13. The van der Waals surface area contributed by atoms with E-state index in [1.165, 1.54) is 17.3 Å². The SMILES string of the molecule is Cc1cc(C)c(NC(=O)CSc2ncc(-c3cccc(Br)c3)o2)c(C)c1. The molecule has 26 heavy (non-hydrogen) atoms. The molecule has 134 valence electrons. The Balaban J connectivity index is 1.62. The van der Waals surface area contributed by atoms with Crippen LogP contribution < -0.4 is 5.32 Å². The van der Waals surface area contributed by atoms with Gasteiger partial charge in [0.2, 0.25) is 5.91 Å². The first-order chi connectivity index (χ1) is 12.4. The molecule has 3 rings (SSSR count). The number of benzene rings is 2. The van der Waals surface area contributed by atoms with Gasteiger partial charge in [0.05, 0.1) is 11.9 Å². The van der Waals surface area contributed by atoms with Crippen molar-refractivity contribution in [3.05, 3.63) is 63.8 Å². The Hall–Kier alpha value is -2.05. The van der Waals surface area contributed by atoms with Crippen LogP contribution in [0.5, 0.6) is 0 Å². The maximum absolute atomic E-state index is 12.3. The third kappa shape index (κ3) is 4.56. The van der Waals surface area contributed by atoms with E-state index in [2.05, 4.69) is 38.4 Å². The molecule has 3 aromatic rings. The highest BCUT2D eigenvalue weighted by atomic mass is 79.9. The Bertz CT molecular complexity index is 929. The van der Waals surface area contributed by atoms with Crippen molar-refractivity contribution in [1.29, 1.82) is 0 Å². The summed E-state index contributed by atoms with van der Waals surface area (Å²) >= 11 is 4.72. The van der Waals surface area contributed by atoms with Crippen LogP contribution in [-0.4, -0.2) is 16.6 Å². The molecule has 2 aromatic carbocycles. The zero-order chi connectivity index (χ0) is 18.7. The van der Waals surface area contributed by atoms with Crippen molar-refractivity contribution in [2.75, 3.05) is 11.1 Å². The first-order valence-corrected chi connectivity index (χ1v) is 9.92. The summed E-state index contributed by atoms with van der Waals surface area (Å²) in [7, 11) is 0. The largest absolute Gasteiger partial charge is 0.431 e. The van der Waals surface area contributed by atoms with E-state index in [-0.39, 0.29) is 11.7 Å². The lowest BCUT2D eigenvalue weighted by molar-refractivity contribution is -0.113. The number of hydrogen-bond acceptors (Lipinski definition) is 4. The fourth-order valence-electron chi connectivity index (χ4n) is 2.78. The van der Waals surface area contributed by atoms with Crippen LogP contribution in [0.1, 0.15) is 16.7 Å². The Morgan fingerprint density at radius 1 is 1.19 bits per heavy atom. The van der Waals surface area contributed by atoms with Crippen molar-refractivity contribution in [3.63, 3.8) is 0 Å². The molecule has 0 atom stereocenters. The minimum absolute atomic E-state index is 0.0766. The number of aromatic nitrogens is 1. The van der Waals surface area contributed by atoms with E-state index >= 15 is 0 Å². The minimum Gasteiger partial charge on any atom is -0.431 e. The predicted molar refractivity (Wildman–Crippen MR) is 110 cm³/mol. The number of rotatable bonds is 5. The molecule has 1 N–H and O–H groups in total. The number of carbonyl (C=O) groups is 1. The average Bonchev–Trinajstić information content (AvgIpc) is 3.05. The number of nitrogens with one attached hydrogen (secondary N) is 1. The van der Waals surface area contributed by atoms with Gasteiger partial charge < -0.3 is 9.73 Å². The number of anilines is 1. The number of oxazole rings is 1. The third-order valence-electron chi connectivity index (χ3n) is 3.86. The number of carbonyl (C=O) groups excluding carboxylic acids is 1. The second kappa shape index (κ2) is 8.10. The maximum Gasteiger partial charge on any atom is 0.256 e. The van der Waals surface area contributed by atoms with Crippen molar-refractivity contribution >= 4 is 39.3 Å². The molecule has 1 heterocycles. The molecule has 0 saturated carbocycles. The van der Waals surface area contributed by atoms with Crippen LogP contribution in [0.3, 0.4) is 0 Å². The molecule has 0 radical (unpaired) electrons. The summed E-state index contributed by atoms with van der Waals surface area (Å²) in [5.74, 6) is 0.845. The molecule has 1 amide bonds. The summed E-state index contributed by atoms with van der Waals surface area (Å²) in [6.45, 7) is 6.05. The van der Waals surface area contributed by atoms with Crippen LogP contribution in [0.2, 0.25) is 0 Å². The van der Waals surface area contributed by atoms with Crippen LogP contribution in [0.4, 0.5) is 5.69 Å². The molecule has 0 spiro atoms. The average molecular weight is 431 g/mol. The summed E-state index contributed by atoms with van der Waals surface area (Å²) in [6.07, 6.45) is 1.68. The number of amides is 1. The minimum atomic E-state index is -0.0766. The van der Waals surface area contributed by atoms with Gasteiger partial charge in [-0.2, -0.15) is 0 Å². The third-order valence-corrected chi connectivity index (χ3v) is 5.20. The van der Waals surface area contributed by atoms with Gasteiger partial charge in [0.1, 0.15) is 0 Å². The Labute approximate surface area is 165 Å². The van der Waals surface area contributed by atoms with Gasteiger partial charge in [0, 0.05) is 15.7 Å². The first-order valence-electron chi connectivity index (χ1n) is 8.14. The van der Waals surface area contributed by atoms with Gasteiger partial charge in [-0.05, 0) is 44.0 Å². The van der Waals surface area contributed by atoms with E-state index in [1.54, 1.807) is 6.20 Å². The van der Waals surface area contributed by atoms with Crippen LogP contribution in [0.15, 0.2) is 56.7 Å². The zero-order valence-corrected chi connectivity index (χ0v) is 17.2. The smallest absolute Gasteiger partial charge is 0.256 e. The molecule has 0 unspecified atom stereocenters. The van der Waals surface area contributed by atoms with Gasteiger partial charge >= 0.3 is 0 Å². The van der Waals surface area contributed by atoms with Crippen molar-refractivity contribution < 1.29 is 9.21 Å². The molecule has 0 fully saturated rings. The van der Waals surface area contributed by atoms with E-state index in [1.807, 2.05) is 45.0 Å². The van der Waals surface area contributed by atoms with Crippen LogP contribution in [0.25, 0.3) is 11.3 Å². The van der Waals surface area contributed by atoms with Crippen molar-refractivity contribution in [3.8, 4) is 11.3 Å². The van der Waals surface area contributed by atoms with E-state index in [9.17, 15) is 4.79 Å².